The van der Waals surface area contributed by atoms with Crippen LogP contribution in [0.15, 0.2) is 29.2 Å². The Kier molecular flexibility index (Phi) is 5.20. The quantitative estimate of drug-likeness (QED) is 0.770. The van der Waals surface area contributed by atoms with Crippen LogP contribution in [0.25, 0.3) is 0 Å². The standard InChI is InChI=1S/C13H20OS/c1-4-12(14)9-15-13-7-5-11(6-8-13)10(2)3/h5-8,10,12,14H,4,9H2,1-3H3. The summed E-state index contributed by atoms with van der Waals surface area (Å²) in [5.74, 6) is 1.38. The van der Waals surface area contributed by atoms with Crippen molar-refractivity contribution in [1.29, 1.82) is 0 Å². The molecule has 1 nitrogen and oxygen atoms in total. The zero-order chi connectivity index (χ0) is 11.3. The van der Waals surface area contributed by atoms with Crippen LogP contribution in [-0.4, -0.2) is 17.0 Å². The van der Waals surface area contributed by atoms with E-state index in [9.17, 15) is 5.11 Å². The third kappa shape index (κ3) is 4.27. The lowest BCUT2D eigenvalue weighted by Gasteiger charge is -2.09. The lowest BCUT2D eigenvalue weighted by Crippen LogP contribution is -2.07. The minimum Gasteiger partial charge on any atom is -0.392 e. The van der Waals surface area contributed by atoms with Gasteiger partial charge in [0.1, 0.15) is 0 Å². The first-order chi connectivity index (χ1) is 7.13. The molecule has 1 aromatic carbocycles. The van der Waals surface area contributed by atoms with Crippen LogP contribution in [-0.2, 0) is 0 Å². The summed E-state index contributed by atoms with van der Waals surface area (Å²) >= 11 is 1.72. The molecule has 15 heavy (non-hydrogen) atoms. The van der Waals surface area contributed by atoms with Gasteiger partial charge in [-0.15, -0.1) is 11.8 Å². The summed E-state index contributed by atoms with van der Waals surface area (Å²) in [7, 11) is 0. The second-order valence-corrected chi connectivity index (χ2v) is 5.19. The molecule has 0 heterocycles. The zero-order valence-electron chi connectivity index (χ0n) is 9.73. The highest BCUT2D eigenvalue weighted by molar-refractivity contribution is 7.99. The zero-order valence-corrected chi connectivity index (χ0v) is 10.6. The molecule has 1 aromatic rings. The van der Waals surface area contributed by atoms with Gasteiger partial charge in [-0.1, -0.05) is 32.9 Å². The van der Waals surface area contributed by atoms with Crippen LogP contribution in [0.1, 0.15) is 38.7 Å². The van der Waals surface area contributed by atoms with Gasteiger partial charge in [0.25, 0.3) is 0 Å². The Balaban J connectivity index is 2.50. The van der Waals surface area contributed by atoms with Gasteiger partial charge < -0.3 is 5.11 Å². The molecular weight excluding hydrogens is 204 g/mol. The summed E-state index contributed by atoms with van der Waals surface area (Å²) in [6.45, 7) is 6.40. The summed E-state index contributed by atoms with van der Waals surface area (Å²) in [6, 6.07) is 8.63. The fraction of sp³-hybridized carbons (Fsp3) is 0.538. The largest absolute Gasteiger partial charge is 0.392 e. The van der Waals surface area contributed by atoms with Crippen LogP contribution in [0.3, 0.4) is 0 Å². The van der Waals surface area contributed by atoms with Gasteiger partial charge in [-0.3, -0.25) is 0 Å². The topological polar surface area (TPSA) is 20.2 Å². The normalized spacial score (nSPS) is 13.1. The minimum atomic E-state index is -0.181. The molecular formula is C13H20OS. The number of hydrogen-bond donors (Lipinski definition) is 1. The van der Waals surface area contributed by atoms with E-state index in [1.807, 2.05) is 6.92 Å². The summed E-state index contributed by atoms with van der Waals surface area (Å²) in [5.41, 5.74) is 1.37. The monoisotopic (exact) mass is 224 g/mol. The first-order valence-electron chi connectivity index (χ1n) is 5.54. The molecule has 0 fully saturated rings. The van der Waals surface area contributed by atoms with Gasteiger partial charge in [0.05, 0.1) is 6.10 Å². The molecule has 1 rings (SSSR count). The average molecular weight is 224 g/mol. The van der Waals surface area contributed by atoms with Gasteiger partial charge in [0.15, 0.2) is 0 Å². The molecule has 0 amide bonds. The van der Waals surface area contributed by atoms with E-state index in [2.05, 4.69) is 38.1 Å². The van der Waals surface area contributed by atoms with Crippen LogP contribution in [0.5, 0.6) is 0 Å². The van der Waals surface area contributed by atoms with Crippen LogP contribution in [0, 0.1) is 0 Å². The van der Waals surface area contributed by atoms with Gasteiger partial charge in [0, 0.05) is 10.6 Å². The van der Waals surface area contributed by atoms with E-state index in [-0.39, 0.29) is 6.10 Å². The van der Waals surface area contributed by atoms with E-state index in [0.717, 1.165) is 12.2 Å². The summed E-state index contributed by atoms with van der Waals surface area (Å²) in [5, 5.41) is 9.44. The SMILES string of the molecule is CCC(O)CSc1ccc(C(C)C)cc1. The van der Waals surface area contributed by atoms with Crippen molar-refractivity contribution in [3.8, 4) is 0 Å². The number of rotatable bonds is 5. The first kappa shape index (κ1) is 12.6. The van der Waals surface area contributed by atoms with E-state index < -0.39 is 0 Å². The predicted molar refractivity (Wildman–Crippen MR) is 67.6 cm³/mol. The Hall–Kier alpha value is -0.470. The predicted octanol–water partition coefficient (Wildman–Crippen LogP) is 3.67. The summed E-state index contributed by atoms with van der Waals surface area (Å²) in [6.07, 6.45) is 0.650. The van der Waals surface area contributed by atoms with E-state index >= 15 is 0 Å². The third-order valence-corrected chi connectivity index (χ3v) is 3.62. The van der Waals surface area contributed by atoms with E-state index in [4.69, 9.17) is 0 Å². The fourth-order valence-electron chi connectivity index (χ4n) is 1.26. The molecule has 0 aliphatic carbocycles. The molecule has 0 saturated carbocycles. The molecule has 1 atom stereocenters. The van der Waals surface area contributed by atoms with E-state index in [1.165, 1.54) is 10.5 Å². The Morgan fingerprint density at radius 1 is 1.20 bits per heavy atom. The second-order valence-electron chi connectivity index (χ2n) is 4.10. The Morgan fingerprint density at radius 2 is 1.80 bits per heavy atom. The third-order valence-electron chi connectivity index (χ3n) is 2.46. The van der Waals surface area contributed by atoms with Crippen LogP contribution in [0.4, 0.5) is 0 Å². The number of aliphatic hydroxyl groups excluding tert-OH is 1. The average Bonchev–Trinajstić information content (AvgIpc) is 2.26. The summed E-state index contributed by atoms with van der Waals surface area (Å²) in [4.78, 5) is 1.24. The highest BCUT2D eigenvalue weighted by atomic mass is 32.2. The highest BCUT2D eigenvalue weighted by Gasteiger charge is 2.03. The van der Waals surface area contributed by atoms with Crippen molar-refractivity contribution in [3.63, 3.8) is 0 Å². The molecule has 0 spiro atoms. The lowest BCUT2D eigenvalue weighted by atomic mass is 10.0. The van der Waals surface area contributed by atoms with Crippen molar-refractivity contribution in [2.24, 2.45) is 0 Å². The molecule has 0 radical (unpaired) electrons. The smallest absolute Gasteiger partial charge is 0.0631 e. The van der Waals surface area contributed by atoms with Gasteiger partial charge in [-0.05, 0) is 30.0 Å². The van der Waals surface area contributed by atoms with Crippen LogP contribution >= 0.6 is 11.8 Å². The van der Waals surface area contributed by atoms with E-state index in [0.29, 0.717) is 5.92 Å². The van der Waals surface area contributed by atoms with Crippen LogP contribution in [0.2, 0.25) is 0 Å². The number of benzene rings is 1. The first-order valence-corrected chi connectivity index (χ1v) is 6.52. The van der Waals surface area contributed by atoms with Crippen molar-refractivity contribution in [3.05, 3.63) is 29.8 Å². The molecule has 0 bridgehead atoms. The maximum absolute atomic E-state index is 9.44. The van der Waals surface area contributed by atoms with Crippen molar-refractivity contribution in [1.82, 2.24) is 0 Å². The molecule has 0 aliphatic rings. The maximum Gasteiger partial charge on any atom is 0.0631 e. The van der Waals surface area contributed by atoms with Gasteiger partial charge in [-0.25, -0.2) is 0 Å². The van der Waals surface area contributed by atoms with E-state index in [1.54, 1.807) is 11.8 Å². The molecule has 2 heteroatoms. The second kappa shape index (κ2) is 6.19. The van der Waals surface area contributed by atoms with Crippen molar-refractivity contribution < 1.29 is 5.11 Å². The molecule has 0 saturated heterocycles. The number of thioether (sulfide) groups is 1. The Labute approximate surface area is 96.9 Å². The molecule has 1 N–H and O–H groups in total. The molecule has 84 valence electrons. The van der Waals surface area contributed by atoms with Gasteiger partial charge in [-0.2, -0.15) is 0 Å². The number of aliphatic hydroxyl groups is 1. The van der Waals surface area contributed by atoms with Crippen molar-refractivity contribution in [2.45, 2.75) is 44.1 Å². The van der Waals surface area contributed by atoms with Crippen LogP contribution < -0.4 is 0 Å². The highest BCUT2D eigenvalue weighted by Crippen LogP contribution is 2.22. The molecule has 0 aliphatic heterocycles. The molecule has 0 aromatic heterocycles. The van der Waals surface area contributed by atoms with Gasteiger partial charge >= 0.3 is 0 Å². The Bertz CT molecular complexity index is 279. The lowest BCUT2D eigenvalue weighted by molar-refractivity contribution is 0.195. The van der Waals surface area contributed by atoms with Crippen molar-refractivity contribution in [2.75, 3.05) is 5.75 Å². The maximum atomic E-state index is 9.44. The Morgan fingerprint density at radius 3 is 2.27 bits per heavy atom. The summed E-state index contributed by atoms with van der Waals surface area (Å²) < 4.78 is 0. The van der Waals surface area contributed by atoms with Crippen molar-refractivity contribution >= 4 is 11.8 Å². The molecule has 1 unspecified atom stereocenters. The minimum absolute atomic E-state index is 0.181. The fourth-order valence-corrected chi connectivity index (χ4v) is 2.21. The number of hydrogen-bond acceptors (Lipinski definition) is 2. The van der Waals surface area contributed by atoms with Gasteiger partial charge in [0.2, 0.25) is 0 Å².